The number of rotatable bonds is 2. The van der Waals surface area contributed by atoms with E-state index in [-0.39, 0.29) is 5.60 Å². The topological polar surface area (TPSA) is 26.3 Å². The van der Waals surface area contributed by atoms with Crippen molar-refractivity contribution in [1.29, 1.82) is 0 Å². The van der Waals surface area contributed by atoms with Crippen LogP contribution in [0.1, 0.15) is 59.4 Å². The summed E-state index contributed by atoms with van der Waals surface area (Å²) in [4.78, 5) is 1.91. The lowest BCUT2D eigenvalue weighted by molar-refractivity contribution is -0.0781. The molecule has 1 aliphatic carbocycles. The van der Waals surface area contributed by atoms with E-state index in [0.717, 1.165) is 28.4 Å². The van der Waals surface area contributed by atoms with Gasteiger partial charge in [0.1, 0.15) is 11.4 Å². The summed E-state index contributed by atoms with van der Waals surface area (Å²) in [6.45, 7) is 13.1. The largest absolute Gasteiger partial charge is 0.491 e. The number of benzene rings is 1. The maximum absolute atomic E-state index is 13.4. The molecule has 0 unspecified atom stereocenters. The molecule has 2 aliphatic rings. The summed E-state index contributed by atoms with van der Waals surface area (Å²) < 4.78 is 19.6. The summed E-state index contributed by atoms with van der Waals surface area (Å²) in [7, 11) is -1.14. The van der Waals surface area contributed by atoms with E-state index in [2.05, 4.69) is 34.6 Å². The highest BCUT2D eigenvalue weighted by molar-refractivity contribution is 7.89. The Morgan fingerprint density at radius 2 is 1.71 bits per heavy atom. The predicted molar refractivity (Wildman–Crippen MR) is 100 cm³/mol. The molecule has 1 heterocycles. The highest BCUT2D eigenvalue weighted by Crippen LogP contribution is 2.54. The van der Waals surface area contributed by atoms with E-state index in [1.165, 1.54) is 12.0 Å². The van der Waals surface area contributed by atoms with E-state index in [4.69, 9.17) is 4.74 Å². The zero-order valence-electron chi connectivity index (χ0n) is 15.8. The fourth-order valence-electron chi connectivity index (χ4n) is 4.53. The van der Waals surface area contributed by atoms with E-state index in [0.29, 0.717) is 17.3 Å². The van der Waals surface area contributed by atoms with Crippen molar-refractivity contribution in [2.75, 3.05) is 0 Å². The van der Waals surface area contributed by atoms with Crippen LogP contribution < -0.4 is 0 Å². The summed E-state index contributed by atoms with van der Waals surface area (Å²) in [5.41, 5.74) is 1.32. The first-order chi connectivity index (χ1) is 11.1. The van der Waals surface area contributed by atoms with Crippen LogP contribution in [0.3, 0.4) is 0 Å². The second kappa shape index (κ2) is 6.01. The average molecular weight is 347 g/mol. The van der Waals surface area contributed by atoms with Crippen LogP contribution in [0.25, 0.3) is 0 Å². The monoisotopic (exact) mass is 346 g/mol. The van der Waals surface area contributed by atoms with Gasteiger partial charge in [0.05, 0.1) is 15.7 Å². The van der Waals surface area contributed by atoms with E-state index >= 15 is 0 Å². The number of hydrogen-bond acceptors (Lipinski definition) is 2. The first kappa shape index (κ1) is 17.7. The van der Waals surface area contributed by atoms with Gasteiger partial charge in [-0.15, -0.1) is 0 Å². The van der Waals surface area contributed by atoms with Crippen molar-refractivity contribution in [3.63, 3.8) is 0 Å². The summed E-state index contributed by atoms with van der Waals surface area (Å²) >= 11 is 0. The van der Waals surface area contributed by atoms with Crippen LogP contribution in [-0.4, -0.2) is 9.81 Å². The molecule has 1 aromatic rings. The first-order valence-corrected chi connectivity index (χ1v) is 10.1. The second-order valence-corrected chi connectivity index (χ2v) is 10.3. The molecule has 3 atom stereocenters. The van der Waals surface area contributed by atoms with Gasteiger partial charge in [0, 0.05) is 16.7 Å². The lowest BCUT2D eigenvalue weighted by atomic mass is 9.62. The lowest BCUT2D eigenvalue weighted by Crippen LogP contribution is -2.48. The van der Waals surface area contributed by atoms with Gasteiger partial charge in [-0.05, 0) is 64.5 Å². The maximum atomic E-state index is 13.4. The Morgan fingerprint density at radius 1 is 1.08 bits per heavy atom. The summed E-state index contributed by atoms with van der Waals surface area (Å²) in [6, 6.07) is 8.07. The Hall–Kier alpha value is -1.09. The van der Waals surface area contributed by atoms with Gasteiger partial charge in [-0.3, -0.25) is 0 Å². The van der Waals surface area contributed by atoms with Crippen LogP contribution in [0.15, 0.2) is 39.8 Å². The van der Waals surface area contributed by atoms with Gasteiger partial charge in [-0.2, -0.15) is 0 Å². The zero-order valence-corrected chi connectivity index (χ0v) is 16.6. The average Bonchev–Trinajstić information content (AvgIpc) is 2.45. The van der Waals surface area contributed by atoms with Crippen LogP contribution in [0.4, 0.5) is 0 Å². The molecule has 24 heavy (non-hydrogen) atoms. The summed E-state index contributed by atoms with van der Waals surface area (Å²) in [5, 5.41) is 0. The third-order valence-corrected chi connectivity index (χ3v) is 7.51. The Bertz CT molecular complexity index is 682. The fraction of sp³-hybridized carbons (Fsp3) is 0.619. The third kappa shape index (κ3) is 3.20. The van der Waals surface area contributed by atoms with Gasteiger partial charge in [0.2, 0.25) is 0 Å². The summed E-state index contributed by atoms with van der Waals surface area (Å²) in [5.74, 6) is 1.66. The fourth-order valence-corrected chi connectivity index (χ4v) is 6.00. The standard InChI is InChI=1S/C21H30O2S/c1-14-7-9-16(10-8-14)24(22)19-15(2)23-21(5,6)18-11-12-20(3,4)13-17(18)19/h7-10,17-18H,11-13H2,1-6H3/t17-,18-,24-/m0/s1. The van der Waals surface area contributed by atoms with Crippen molar-refractivity contribution in [2.45, 2.75) is 71.3 Å². The van der Waals surface area contributed by atoms with Crippen molar-refractivity contribution < 1.29 is 8.95 Å². The molecule has 0 amide bonds. The van der Waals surface area contributed by atoms with Crippen LogP contribution in [0, 0.1) is 24.2 Å². The molecule has 0 bridgehead atoms. The number of allylic oxidation sites excluding steroid dienone is 2. The molecule has 1 aliphatic heterocycles. The van der Waals surface area contributed by atoms with Crippen molar-refractivity contribution in [2.24, 2.45) is 17.3 Å². The molecule has 1 aromatic carbocycles. The van der Waals surface area contributed by atoms with Gasteiger partial charge >= 0.3 is 0 Å². The number of aryl methyl sites for hydroxylation is 1. The normalized spacial score (nSPS) is 29.6. The molecule has 3 heteroatoms. The minimum Gasteiger partial charge on any atom is -0.491 e. The van der Waals surface area contributed by atoms with E-state index in [9.17, 15) is 4.21 Å². The van der Waals surface area contributed by atoms with Crippen LogP contribution >= 0.6 is 0 Å². The molecule has 0 N–H and O–H groups in total. The predicted octanol–water partition coefficient (Wildman–Crippen LogP) is 5.59. The number of fused-ring (bicyclic) bond motifs is 1. The van der Waals surface area contributed by atoms with Gasteiger partial charge in [-0.1, -0.05) is 31.5 Å². The molecule has 3 rings (SSSR count). The lowest BCUT2D eigenvalue weighted by Gasteiger charge is -2.51. The smallest absolute Gasteiger partial charge is 0.106 e. The zero-order chi connectivity index (χ0) is 17.7. The molecular formula is C21H30O2S. The molecule has 1 saturated carbocycles. The molecule has 2 nitrogen and oxygen atoms in total. The van der Waals surface area contributed by atoms with Gasteiger partial charge in [-0.25, -0.2) is 4.21 Å². The van der Waals surface area contributed by atoms with Crippen molar-refractivity contribution in [3.8, 4) is 0 Å². The maximum Gasteiger partial charge on any atom is 0.106 e. The molecule has 0 saturated heterocycles. The van der Waals surface area contributed by atoms with Gasteiger partial charge in [0.25, 0.3) is 0 Å². The Labute approximate surface area is 149 Å². The molecule has 132 valence electrons. The highest BCUT2D eigenvalue weighted by atomic mass is 32.2. The van der Waals surface area contributed by atoms with Crippen molar-refractivity contribution in [1.82, 2.24) is 0 Å². The second-order valence-electron chi connectivity index (χ2n) is 8.83. The summed E-state index contributed by atoms with van der Waals surface area (Å²) in [6.07, 6.45) is 3.45. The minimum absolute atomic E-state index is 0.174. The Kier molecular flexibility index (Phi) is 4.44. The number of ether oxygens (including phenoxy) is 1. The van der Waals surface area contributed by atoms with Gasteiger partial charge < -0.3 is 4.74 Å². The molecule has 0 aromatic heterocycles. The Balaban J connectivity index is 2.03. The molecule has 1 fully saturated rings. The van der Waals surface area contributed by atoms with Crippen molar-refractivity contribution >= 4 is 10.8 Å². The van der Waals surface area contributed by atoms with Crippen LogP contribution in [0.5, 0.6) is 0 Å². The SMILES string of the molecule is CC1=C([S@@](=O)c2ccc(C)cc2)[C@H]2CC(C)(C)CC[C@@H]2C(C)(C)O1. The minimum atomic E-state index is -1.14. The third-order valence-electron chi connectivity index (χ3n) is 5.82. The Morgan fingerprint density at radius 3 is 2.33 bits per heavy atom. The van der Waals surface area contributed by atoms with Crippen LogP contribution in [0.2, 0.25) is 0 Å². The first-order valence-electron chi connectivity index (χ1n) is 8.99. The number of hydrogen-bond donors (Lipinski definition) is 0. The quantitative estimate of drug-likeness (QED) is 0.698. The van der Waals surface area contributed by atoms with E-state index < -0.39 is 10.8 Å². The molecule has 0 radical (unpaired) electrons. The van der Waals surface area contributed by atoms with Gasteiger partial charge in [0.15, 0.2) is 0 Å². The van der Waals surface area contributed by atoms with Crippen LogP contribution in [-0.2, 0) is 15.5 Å². The van der Waals surface area contributed by atoms with Crippen molar-refractivity contribution in [3.05, 3.63) is 40.5 Å². The highest BCUT2D eigenvalue weighted by Gasteiger charge is 2.49. The van der Waals surface area contributed by atoms with E-state index in [1.807, 2.05) is 31.2 Å². The molecular weight excluding hydrogens is 316 g/mol. The molecule has 0 spiro atoms. The van der Waals surface area contributed by atoms with E-state index in [1.54, 1.807) is 0 Å².